The molecule has 2 aromatic carbocycles. The summed E-state index contributed by atoms with van der Waals surface area (Å²) in [5.41, 5.74) is 2.53. The Labute approximate surface area is 157 Å². The first-order valence-electron chi connectivity index (χ1n) is 8.67. The number of esters is 1. The van der Waals surface area contributed by atoms with Crippen molar-refractivity contribution in [3.05, 3.63) is 59.7 Å². The molecule has 6 heteroatoms. The van der Waals surface area contributed by atoms with E-state index in [9.17, 15) is 9.59 Å². The number of amides is 1. The van der Waals surface area contributed by atoms with E-state index in [1.54, 1.807) is 24.3 Å². The molecule has 0 saturated heterocycles. The Bertz CT molecular complexity index is 875. The van der Waals surface area contributed by atoms with Gasteiger partial charge in [-0.3, -0.25) is 4.79 Å². The highest BCUT2D eigenvalue weighted by Crippen LogP contribution is 2.32. The van der Waals surface area contributed by atoms with Gasteiger partial charge in [-0.25, -0.2) is 4.79 Å². The Morgan fingerprint density at radius 2 is 1.89 bits per heavy atom. The number of hydrogen-bond acceptors (Lipinski definition) is 5. The number of carbonyl (C=O) groups is 2. The van der Waals surface area contributed by atoms with Crippen molar-refractivity contribution >= 4 is 23.6 Å². The molecule has 0 bridgehead atoms. The molecular formula is C21H21NO5. The third-order valence-electron chi connectivity index (χ3n) is 3.93. The highest BCUT2D eigenvalue weighted by Gasteiger charge is 2.18. The molecule has 1 N–H and O–H groups in total. The van der Waals surface area contributed by atoms with Crippen LogP contribution in [0.4, 0.5) is 5.69 Å². The van der Waals surface area contributed by atoms with Crippen LogP contribution in [0.1, 0.15) is 18.1 Å². The van der Waals surface area contributed by atoms with Crippen molar-refractivity contribution < 1.29 is 23.8 Å². The number of anilines is 1. The van der Waals surface area contributed by atoms with Crippen molar-refractivity contribution in [2.45, 2.75) is 20.0 Å². The molecule has 0 aromatic heterocycles. The summed E-state index contributed by atoms with van der Waals surface area (Å²) in [6.07, 6.45) is 2.02. The lowest BCUT2D eigenvalue weighted by atomic mass is 10.1. The number of ether oxygens (including phenoxy) is 3. The van der Waals surface area contributed by atoms with Crippen LogP contribution in [0.15, 0.2) is 48.5 Å². The van der Waals surface area contributed by atoms with Gasteiger partial charge >= 0.3 is 5.97 Å². The minimum atomic E-state index is -0.937. The summed E-state index contributed by atoms with van der Waals surface area (Å²) in [7, 11) is 0. The molecule has 1 atom stereocenters. The highest BCUT2D eigenvalue weighted by molar-refractivity contribution is 5.96. The molecule has 0 aliphatic carbocycles. The lowest BCUT2D eigenvalue weighted by Crippen LogP contribution is -2.29. The van der Waals surface area contributed by atoms with Crippen LogP contribution < -0.4 is 14.8 Å². The molecule has 0 fully saturated rings. The van der Waals surface area contributed by atoms with E-state index in [1.165, 1.54) is 13.0 Å². The average Bonchev–Trinajstić information content (AvgIpc) is 2.66. The van der Waals surface area contributed by atoms with Crippen LogP contribution in [0.5, 0.6) is 11.5 Å². The maximum atomic E-state index is 12.3. The molecular weight excluding hydrogens is 346 g/mol. The predicted molar refractivity (Wildman–Crippen MR) is 102 cm³/mol. The fraction of sp³-hybridized carbons (Fsp3) is 0.238. The monoisotopic (exact) mass is 367 g/mol. The Balaban J connectivity index is 1.55. The van der Waals surface area contributed by atoms with E-state index < -0.39 is 18.0 Å². The van der Waals surface area contributed by atoms with Gasteiger partial charge in [-0.15, -0.1) is 0 Å². The number of rotatable bonds is 5. The second-order valence-electron chi connectivity index (χ2n) is 6.17. The number of nitrogens with one attached hydrogen (secondary N) is 1. The number of fused-ring (bicyclic) bond motifs is 1. The Morgan fingerprint density at radius 1 is 1.11 bits per heavy atom. The van der Waals surface area contributed by atoms with Gasteiger partial charge in [0.2, 0.25) is 0 Å². The Morgan fingerprint density at radius 3 is 2.67 bits per heavy atom. The van der Waals surface area contributed by atoms with Crippen LogP contribution in [0.3, 0.4) is 0 Å². The summed E-state index contributed by atoms with van der Waals surface area (Å²) in [4.78, 5) is 24.2. The van der Waals surface area contributed by atoms with Crippen LogP contribution in [0, 0.1) is 6.92 Å². The molecule has 140 valence electrons. The third kappa shape index (κ3) is 5.10. The molecule has 0 unspecified atom stereocenters. The predicted octanol–water partition coefficient (Wildman–Crippen LogP) is 3.35. The van der Waals surface area contributed by atoms with Crippen LogP contribution in [-0.4, -0.2) is 31.2 Å². The van der Waals surface area contributed by atoms with Crippen molar-refractivity contribution in [2.24, 2.45) is 0 Å². The van der Waals surface area contributed by atoms with E-state index in [1.807, 2.05) is 31.2 Å². The maximum Gasteiger partial charge on any atom is 0.331 e. The van der Waals surface area contributed by atoms with Crippen molar-refractivity contribution in [1.29, 1.82) is 0 Å². The van der Waals surface area contributed by atoms with Gasteiger partial charge < -0.3 is 19.5 Å². The average molecular weight is 367 g/mol. The fourth-order valence-electron chi connectivity index (χ4n) is 2.57. The first-order chi connectivity index (χ1) is 13.0. The summed E-state index contributed by atoms with van der Waals surface area (Å²) >= 11 is 0. The van der Waals surface area contributed by atoms with Gasteiger partial charge in [0.15, 0.2) is 17.6 Å². The summed E-state index contributed by atoms with van der Waals surface area (Å²) in [5.74, 6) is 0.204. The van der Waals surface area contributed by atoms with Crippen molar-refractivity contribution in [3.63, 3.8) is 0 Å². The summed E-state index contributed by atoms with van der Waals surface area (Å²) < 4.78 is 16.1. The van der Waals surface area contributed by atoms with E-state index in [0.29, 0.717) is 30.4 Å². The SMILES string of the molecule is Cc1cccc(/C=C/C(=O)O[C@H](C)C(=O)Nc2ccc3c(c2)OCCO3)c1. The van der Waals surface area contributed by atoms with Crippen LogP contribution in [0.25, 0.3) is 6.08 Å². The van der Waals surface area contributed by atoms with Gasteiger partial charge in [-0.05, 0) is 37.6 Å². The third-order valence-corrected chi connectivity index (χ3v) is 3.93. The van der Waals surface area contributed by atoms with Crippen LogP contribution in [-0.2, 0) is 14.3 Å². The second-order valence-corrected chi connectivity index (χ2v) is 6.17. The maximum absolute atomic E-state index is 12.3. The number of hydrogen-bond donors (Lipinski definition) is 1. The molecule has 1 amide bonds. The molecule has 1 aliphatic rings. The van der Waals surface area contributed by atoms with Crippen LogP contribution in [0.2, 0.25) is 0 Å². The van der Waals surface area contributed by atoms with Gasteiger partial charge in [-0.1, -0.05) is 29.8 Å². The van der Waals surface area contributed by atoms with E-state index in [4.69, 9.17) is 14.2 Å². The van der Waals surface area contributed by atoms with E-state index in [0.717, 1.165) is 11.1 Å². The molecule has 27 heavy (non-hydrogen) atoms. The Kier molecular flexibility index (Phi) is 5.76. The van der Waals surface area contributed by atoms with Gasteiger partial charge in [0.05, 0.1) is 0 Å². The summed E-state index contributed by atoms with van der Waals surface area (Å²) in [6.45, 7) is 4.46. The zero-order valence-electron chi connectivity index (χ0n) is 15.2. The lowest BCUT2D eigenvalue weighted by Gasteiger charge is -2.19. The zero-order valence-corrected chi connectivity index (χ0v) is 15.2. The van der Waals surface area contributed by atoms with E-state index >= 15 is 0 Å². The van der Waals surface area contributed by atoms with Crippen molar-refractivity contribution in [1.82, 2.24) is 0 Å². The van der Waals surface area contributed by atoms with E-state index in [-0.39, 0.29) is 0 Å². The molecule has 3 rings (SSSR count). The normalized spacial score (nSPS) is 13.9. The first-order valence-corrected chi connectivity index (χ1v) is 8.67. The van der Waals surface area contributed by atoms with Crippen molar-refractivity contribution in [3.8, 4) is 11.5 Å². The van der Waals surface area contributed by atoms with Gasteiger partial charge in [0.25, 0.3) is 5.91 Å². The molecule has 6 nitrogen and oxygen atoms in total. The molecule has 1 heterocycles. The summed E-state index contributed by atoms with van der Waals surface area (Å²) in [5, 5.41) is 2.70. The molecule has 0 saturated carbocycles. The van der Waals surface area contributed by atoms with Crippen LogP contribution >= 0.6 is 0 Å². The summed E-state index contributed by atoms with van der Waals surface area (Å²) in [6, 6.07) is 12.8. The first kappa shape index (κ1) is 18.5. The molecule has 1 aliphatic heterocycles. The number of carbonyl (C=O) groups excluding carboxylic acids is 2. The van der Waals surface area contributed by atoms with Gasteiger partial charge in [-0.2, -0.15) is 0 Å². The van der Waals surface area contributed by atoms with Gasteiger partial charge in [0, 0.05) is 17.8 Å². The topological polar surface area (TPSA) is 73.9 Å². The van der Waals surface area contributed by atoms with E-state index in [2.05, 4.69) is 5.32 Å². The zero-order chi connectivity index (χ0) is 19.2. The quantitative estimate of drug-likeness (QED) is 0.648. The number of aryl methyl sites for hydroxylation is 1. The van der Waals surface area contributed by atoms with Gasteiger partial charge in [0.1, 0.15) is 13.2 Å². The minimum Gasteiger partial charge on any atom is -0.486 e. The minimum absolute atomic E-state index is 0.427. The molecule has 0 spiro atoms. The lowest BCUT2D eigenvalue weighted by molar-refractivity contribution is -0.148. The number of benzene rings is 2. The largest absolute Gasteiger partial charge is 0.486 e. The Hall–Kier alpha value is -3.28. The highest BCUT2D eigenvalue weighted by atomic mass is 16.6. The molecule has 0 radical (unpaired) electrons. The standard InChI is InChI=1S/C21H21NO5/c1-14-4-3-5-16(12-14)6-9-20(23)27-15(2)21(24)22-17-7-8-18-19(13-17)26-11-10-25-18/h3-9,12-13,15H,10-11H2,1-2H3,(H,22,24)/b9-6+/t15-/m1/s1. The smallest absolute Gasteiger partial charge is 0.331 e. The van der Waals surface area contributed by atoms with Crippen molar-refractivity contribution in [2.75, 3.05) is 18.5 Å². The fourth-order valence-corrected chi connectivity index (χ4v) is 2.57. The molecule has 2 aromatic rings. The second kappa shape index (κ2) is 8.40.